The largest absolute Gasteiger partial charge is 0.399 e. The number of hydrogen-bond acceptors (Lipinski definition) is 4. The number of nitrogen functional groups attached to an aromatic ring is 1. The molecule has 0 amide bonds. The lowest BCUT2D eigenvalue weighted by atomic mass is 10.2. The molecule has 1 heterocycles. The molecule has 3 aromatic rings. The van der Waals surface area contributed by atoms with Crippen LogP contribution in [0.25, 0.3) is 16.7 Å². The highest BCUT2D eigenvalue weighted by atomic mass is 32.2. The van der Waals surface area contributed by atoms with Gasteiger partial charge < -0.3 is 10.8 Å². The minimum Gasteiger partial charge on any atom is -0.399 e. The van der Waals surface area contributed by atoms with E-state index in [1.54, 1.807) is 18.7 Å². The summed E-state index contributed by atoms with van der Waals surface area (Å²) in [6.45, 7) is 1.72. The van der Waals surface area contributed by atoms with Crippen molar-refractivity contribution in [2.45, 2.75) is 17.9 Å². The molecule has 3 N–H and O–H groups in total. The molecule has 0 bridgehead atoms. The number of aliphatic hydroxyl groups excluding tert-OH is 1. The van der Waals surface area contributed by atoms with Crippen LogP contribution >= 0.6 is 11.8 Å². The Balaban J connectivity index is 2.25. The van der Waals surface area contributed by atoms with E-state index >= 15 is 0 Å². The van der Waals surface area contributed by atoms with Crippen molar-refractivity contribution in [1.82, 2.24) is 9.55 Å². The monoisotopic (exact) mass is 299 g/mol. The molecule has 0 aliphatic carbocycles. The number of benzene rings is 2. The average Bonchev–Trinajstić information content (AvgIpc) is 2.86. The van der Waals surface area contributed by atoms with Gasteiger partial charge >= 0.3 is 0 Å². The molecule has 2 aromatic carbocycles. The zero-order valence-electron chi connectivity index (χ0n) is 11.9. The van der Waals surface area contributed by atoms with Gasteiger partial charge in [0.25, 0.3) is 0 Å². The van der Waals surface area contributed by atoms with E-state index in [9.17, 15) is 5.11 Å². The number of hydrogen-bond donors (Lipinski definition) is 2. The average molecular weight is 299 g/mol. The lowest BCUT2D eigenvalue weighted by molar-refractivity contribution is 0.187. The van der Waals surface area contributed by atoms with Crippen molar-refractivity contribution in [3.63, 3.8) is 0 Å². The molecule has 0 saturated heterocycles. The van der Waals surface area contributed by atoms with Crippen LogP contribution in [0.2, 0.25) is 0 Å². The molecule has 4 nitrogen and oxygen atoms in total. The van der Waals surface area contributed by atoms with E-state index in [0.717, 1.165) is 16.7 Å². The molecule has 1 aromatic heterocycles. The zero-order chi connectivity index (χ0) is 15.0. The topological polar surface area (TPSA) is 64.1 Å². The van der Waals surface area contributed by atoms with Gasteiger partial charge in [-0.25, -0.2) is 4.98 Å². The maximum atomic E-state index is 10.0. The van der Waals surface area contributed by atoms with Gasteiger partial charge in [0, 0.05) is 16.3 Å². The maximum absolute atomic E-state index is 10.0. The minimum atomic E-state index is -0.654. The maximum Gasteiger partial charge on any atom is 0.143 e. The molecular formula is C16H17N3OS. The van der Waals surface area contributed by atoms with E-state index in [1.165, 1.54) is 4.90 Å². The Hall–Kier alpha value is -1.98. The molecule has 0 saturated carbocycles. The summed E-state index contributed by atoms with van der Waals surface area (Å²) in [4.78, 5) is 5.72. The molecular weight excluding hydrogens is 282 g/mol. The number of thioether (sulfide) groups is 1. The normalized spacial score (nSPS) is 12.7. The first kappa shape index (κ1) is 14.0. The summed E-state index contributed by atoms with van der Waals surface area (Å²) in [5.41, 5.74) is 9.21. The molecule has 0 radical (unpaired) electrons. The smallest absolute Gasteiger partial charge is 0.143 e. The van der Waals surface area contributed by atoms with Gasteiger partial charge in [0.2, 0.25) is 0 Å². The molecule has 0 aliphatic heterocycles. The van der Waals surface area contributed by atoms with Crippen molar-refractivity contribution < 1.29 is 5.11 Å². The van der Waals surface area contributed by atoms with E-state index < -0.39 is 6.10 Å². The Bertz CT molecular complexity index is 778. The van der Waals surface area contributed by atoms with Crippen molar-refractivity contribution in [1.29, 1.82) is 0 Å². The molecule has 1 atom stereocenters. The van der Waals surface area contributed by atoms with Crippen LogP contribution in [0.5, 0.6) is 0 Å². The third-order valence-electron chi connectivity index (χ3n) is 3.41. The third kappa shape index (κ3) is 2.50. The van der Waals surface area contributed by atoms with Gasteiger partial charge in [-0.15, -0.1) is 11.8 Å². The Kier molecular flexibility index (Phi) is 3.61. The van der Waals surface area contributed by atoms with Gasteiger partial charge in [0.1, 0.15) is 11.9 Å². The Morgan fingerprint density at radius 2 is 1.90 bits per heavy atom. The van der Waals surface area contributed by atoms with Crippen LogP contribution in [-0.4, -0.2) is 20.9 Å². The molecule has 0 aliphatic rings. The second-order valence-electron chi connectivity index (χ2n) is 4.93. The van der Waals surface area contributed by atoms with Crippen molar-refractivity contribution in [3.8, 4) is 5.69 Å². The summed E-state index contributed by atoms with van der Waals surface area (Å²) < 4.78 is 1.98. The lowest BCUT2D eigenvalue weighted by Crippen LogP contribution is -2.04. The number of imidazole rings is 1. The number of anilines is 1. The van der Waals surface area contributed by atoms with Crippen LogP contribution in [0.4, 0.5) is 5.69 Å². The first-order valence-electron chi connectivity index (χ1n) is 6.70. The quantitative estimate of drug-likeness (QED) is 0.575. The highest BCUT2D eigenvalue weighted by molar-refractivity contribution is 7.98. The van der Waals surface area contributed by atoms with E-state index in [2.05, 4.69) is 17.1 Å². The molecule has 1 unspecified atom stereocenters. The molecule has 5 heteroatoms. The first-order valence-corrected chi connectivity index (χ1v) is 7.93. The molecule has 3 rings (SSSR count). The fourth-order valence-electron chi connectivity index (χ4n) is 2.40. The third-order valence-corrected chi connectivity index (χ3v) is 4.15. The predicted octanol–water partition coefficient (Wildman–Crippen LogP) is 3.38. The molecule has 0 fully saturated rings. The van der Waals surface area contributed by atoms with Crippen molar-refractivity contribution in [3.05, 3.63) is 48.3 Å². The van der Waals surface area contributed by atoms with Crippen molar-refractivity contribution in [2.24, 2.45) is 0 Å². The summed E-state index contributed by atoms with van der Waals surface area (Å²) in [5.74, 6) is 0.618. The highest BCUT2D eigenvalue weighted by Crippen LogP contribution is 2.27. The highest BCUT2D eigenvalue weighted by Gasteiger charge is 2.16. The SMILES string of the molecule is CSc1ccc(-n2c(C(C)O)nc3cc(N)ccc32)cc1. The van der Waals surface area contributed by atoms with Crippen LogP contribution in [0, 0.1) is 0 Å². The van der Waals surface area contributed by atoms with Crippen LogP contribution in [-0.2, 0) is 0 Å². The number of fused-ring (bicyclic) bond motifs is 1. The van der Waals surface area contributed by atoms with Crippen LogP contribution in [0.3, 0.4) is 0 Å². The van der Waals surface area contributed by atoms with Crippen LogP contribution in [0.1, 0.15) is 18.9 Å². The summed E-state index contributed by atoms with van der Waals surface area (Å²) >= 11 is 1.70. The van der Waals surface area contributed by atoms with Gasteiger partial charge in [-0.05, 0) is 55.6 Å². The summed E-state index contributed by atoms with van der Waals surface area (Å²) in [7, 11) is 0. The fraction of sp³-hybridized carbons (Fsp3) is 0.188. The van der Waals surface area contributed by atoms with Crippen LogP contribution in [0.15, 0.2) is 47.4 Å². The van der Waals surface area contributed by atoms with Gasteiger partial charge in [-0.3, -0.25) is 4.57 Å². The summed E-state index contributed by atoms with van der Waals surface area (Å²) in [6.07, 6.45) is 1.39. The van der Waals surface area contributed by atoms with Crippen molar-refractivity contribution >= 4 is 28.5 Å². The number of nitrogens with zero attached hydrogens (tertiary/aromatic N) is 2. The molecule has 21 heavy (non-hydrogen) atoms. The second kappa shape index (κ2) is 5.42. The van der Waals surface area contributed by atoms with Gasteiger partial charge in [-0.1, -0.05) is 0 Å². The summed E-state index contributed by atoms with van der Waals surface area (Å²) in [6, 6.07) is 13.8. The number of aliphatic hydroxyl groups is 1. The van der Waals surface area contributed by atoms with Crippen molar-refractivity contribution in [2.75, 3.05) is 12.0 Å². The Morgan fingerprint density at radius 1 is 1.19 bits per heavy atom. The summed E-state index contributed by atoms with van der Waals surface area (Å²) in [5, 5.41) is 10.0. The van der Waals surface area contributed by atoms with Gasteiger partial charge in [0.15, 0.2) is 0 Å². The standard InChI is InChI=1S/C16H17N3OS/c1-10(20)16-18-14-9-11(17)3-8-15(14)19(16)12-4-6-13(21-2)7-5-12/h3-10,20H,17H2,1-2H3. The molecule has 0 spiro atoms. The Labute approximate surface area is 127 Å². The second-order valence-corrected chi connectivity index (χ2v) is 5.81. The number of rotatable bonds is 3. The predicted molar refractivity (Wildman–Crippen MR) is 87.9 cm³/mol. The number of nitrogens with two attached hydrogens (primary N) is 1. The lowest BCUT2D eigenvalue weighted by Gasteiger charge is -2.11. The molecule has 108 valence electrons. The fourth-order valence-corrected chi connectivity index (χ4v) is 2.81. The van der Waals surface area contributed by atoms with Crippen LogP contribution < -0.4 is 5.73 Å². The Morgan fingerprint density at radius 3 is 2.52 bits per heavy atom. The van der Waals surface area contributed by atoms with E-state index in [1.807, 2.05) is 41.2 Å². The minimum absolute atomic E-state index is 0.618. The van der Waals surface area contributed by atoms with Gasteiger partial charge in [-0.2, -0.15) is 0 Å². The first-order chi connectivity index (χ1) is 10.1. The van der Waals surface area contributed by atoms with E-state index in [4.69, 9.17) is 5.73 Å². The van der Waals surface area contributed by atoms with E-state index in [0.29, 0.717) is 11.5 Å². The number of aromatic nitrogens is 2. The van der Waals surface area contributed by atoms with E-state index in [-0.39, 0.29) is 0 Å². The zero-order valence-corrected chi connectivity index (χ0v) is 12.8. The van der Waals surface area contributed by atoms with Gasteiger partial charge in [0.05, 0.1) is 11.0 Å².